The molecule has 0 spiro atoms. The Hall–Kier alpha value is -3.11. The number of nitrogens with zero attached hydrogens (tertiary/aromatic N) is 3. The topological polar surface area (TPSA) is 93.3 Å². The van der Waals surface area contributed by atoms with Gasteiger partial charge in [-0.05, 0) is 42.7 Å². The zero-order chi connectivity index (χ0) is 17.9. The van der Waals surface area contributed by atoms with E-state index in [9.17, 15) is 4.79 Å². The molecule has 25 heavy (non-hydrogen) atoms. The van der Waals surface area contributed by atoms with Crippen LogP contribution in [0.25, 0.3) is 0 Å². The van der Waals surface area contributed by atoms with Gasteiger partial charge in [-0.2, -0.15) is 0 Å². The summed E-state index contributed by atoms with van der Waals surface area (Å²) in [6.07, 6.45) is 10.3. The molecule has 1 aliphatic rings. The number of nitrogens with one attached hydrogen (secondary N) is 1. The number of pyridine rings is 2. The van der Waals surface area contributed by atoms with E-state index in [2.05, 4.69) is 26.2 Å². The normalized spacial score (nSPS) is 19.0. The van der Waals surface area contributed by atoms with Crippen LogP contribution < -0.4 is 11.1 Å². The van der Waals surface area contributed by atoms with Crippen LogP contribution in [-0.4, -0.2) is 21.0 Å². The van der Waals surface area contributed by atoms with E-state index in [-0.39, 0.29) is 11.6 Å². The number of carbonyl (C=O) groups excluding carboxylic acids is 1. The highest BCUT2D eigenvalue weighted by Gasteiger charge is 2.27. The third-order valence-electron chi connectivity index (χ3n) is 3.62. The molecule has 0 aromatic carbocycles. The fraction of sp³-hybridized carbons (Fsp3) is 0.111. The van der Waals surface area contributed by atoms with E-state index < -0.39 is 5.54 Å². The summed E-state index contributed by atoms with van der Waals surface area (Å²) < 4.78 is 0. The van der Waals surface area contributed by atoms with Crippen molar-refractivity contribution < 1.29 is 4.79 Å². The molecule has 2 aromatic heterocycles. The molecule has 0 unspecified atom stereocenters. The van der Waals surface area contributed by atoms with Gasteiger partial charge < -0.3 is 11.1 Å². The molecule has 3 N–H and O–H groups in total. The van der Waals surface area contributed by atoms with Gasteiger partial charge in [0.25, 0.3) is 5.91 Å². The number of amidine groups is 1. The Morgan fingerprint density at radius 2 is 2.20 bits per heavy atom. The zero-order valence-corrected chi connectivity index (χ0v) is 14.2. The maximum Gasteiger partial charge on any atom is 0.274 e. The molecule has 1 atom stereocenters. The first-order chi connectivity index (χ1) is 12.0. The van der Waals surface area contributed by atoms with Gasteiger partial charge in [-0.3, -0.25) is 9.78 Å². The minimum absolute atomic E-state index is 0.278. The van der Waals surface area contributed by atoms with Gasteiger partial charge in [0.1, 0.15) is 11.2 Å². The Morgan fingerprint density at radius 1 is 1.36 bits per heavy atom. The lowest BCUT2D eigenvalue weighted by Crippen LogP contribution is -2.25. The second kappa shape index (κ2) is 6.79. The number of rotatable bonds is 3. The average molecular weight is 349 g/mol. The summed E-state index contributed by atoms with van der Waals surface area (Å²) in [5.41, 5.74) is 7.32. The van der Waals surface area contributed by atoms with Crippen LogP contribution in [0.4, 0.5) is 5.69 Å². The summed E-state index contributed by atoms with van der Waals surface area (Å²) in [4.78, 5) is 25.2. The average Bonchev–Trinajstić information content (AvgIpc) is 2.62. The number of thioether (sulfide) groups is 1. The first-order valence-corrected chi connectivity index (χ1v) is 8.28. The van der Waals surface area contributed by atoms with Crippen LogP contribution in [0.1, 0.15) is 28.7 Å². The monoisotopic (exact) mass is 349 g/mol. The van der Waals surface area contributed by atoms with Crippen LogP contribution in [0.3, 0.4) is 0 Å². The zero-order valence-electron chi connectivity index (χ0n) is 13.4. The van der Waals surface area contributed by atoms with Gasteiger partial charge in [-0.1, -0.05) is 17.7 Å². The molecule has 0 bridgehead atoms. The summed E-state index contributed by atoms with van der Waals surface area (Å²) in [6, 6.07) is 6.72. The maximum atomic E-state index is 12.3. The van der Waals surface area contributed by atoms with E-state index >= 15 is 0 Å². The molecule has 0 radical (unpaired) electrons. The highest BCUT2D eigenvalue weighted by Crippen LogP contribution is 2.32. The van der Waals surface area contributed by atoms with Crippen LogP contribution in [-0.2, 0) is 5.54 Å². The van der Waals surface area contributed by atoms with E-state index in [1.165, 1.54) is 18.0 Å². The largest absolute Gasteiger partial charge is 0.378 e. The molecule has 124 valence electrons. The number of carbonyl (C=O) groups is 1. The van der Waals surface area contributed by atoms with Crippen LogP contribution in [0, 0.1) is 12.3 Å². The van der Waals surface area contributed by atoms with Gasteiger partial charge in [0.05, 0.1) is 5.69 Å². The van der Waals surface area contributed by atoms with Gasteiger partial charge in [-0.25, -0.2) is 9.98 Å². The molecule has 1 amide bonds. The predicted molar refractivity (Wildman–Crippen MR) is 100 cm³/mol. The van der Waals surface area contributed by atoms with Crippen LogP contribution >= 0.6 is 11.8 Å². The lowest BCUT2D eigenvalue weighted by Gasteiger charge is -2.24. The summed E-state index contributed by atoms with van der Waals surface area (Å²) in [6.45, 7) is 1.91. The Morgan fingerprint density at radius 3 is 2.88 bits per heavy atom. The Bertz CT molecular complexity index is 914. The number of nitrogens with two attached hydrogens (primary N) is 1. The molecule has 0 saturated heterocycles. The van der Waals surface area contributed by atoms with Crippen LogP contribution in [0.15, 0.2) is 53.1 Å². The third-order valence-corrected chi connectivity index (χ3v) is 4.23. The summed E-state index contributed by atoms with van der Waals surface area (Å²) in [5.74, 6) is 2.13. The SMILES string of the molecule is C#Cc1ccc(C(=O)Nc2ccnc([C@]3(C)C=CSC(N)=N3)c2)nc1. The molecule has 6 nitrogen and oxygen atoms in total. The quantitative estimate of drug-likeness (QED) is 0.831. The van der Waals surface area contributed by atoms with Crippen molar-refractivity contribution in [2.24, 2.45) is 10.7 Å². The fourth-order valence-corrected chi connectivity index (χ4v) is 2.98. The third kappa shape index (κ3) is 3.70. The number of anilines is 1. The number of terminal acetylenes is 1. The van der Waals surface area contributed by atoms with E-state index in [0.29, 0.717) is 22.1 Å². The molecule has 7 heteroatoms. The minimum atomic E-state index is -0.664. The maximum absolute atomic E-state index is 12.3. The van der Waals surface area contributed by atoms with Crippen molar-refractivity contribution in [1.82, 2.24) is 9.97 Å². The second-order valence-corrected chi connectivity index (χ2v) is 6.40. The van der Waals surface area contributed by atoms with Crippen LogP contribution in [0.5, 0.6) is 0 Å². The highest BCUT2D eigenvalue weighted by molar-refractivity contribution is 8.16. The summed E-state index contributed by atoms with van der Waals surface area (Å²) in [7, 11) is 0. The van der Waals surface area contributed by atoms with E-state index in [4.69, 9.17) is 12.2 Å². The highest BCUT2D eigenvalue weighted by atomic mass is 32.2. The van der Waals surface area contributed by atoms with E-state index in [0.717, 1.165) is 0 Å². The lowest BCUT2D eigenvalue weighted by atomic mass is 9.98. The van der Waals surface area contributed by atoms with Crippen molar-refractivity contribution in [3.05, 3.63) is 65.1 Å². The van der Waals surface area contributed by atoms with Crippen molar-refractivity contribution >= 4 is 28.5 Å². The fourth-order valence-electron chi connectivity index (χ4n) is 2.27. The number of hydrogen-bond donors (Lipinski definition) is 2. The summed E-state index contributed by atoms with van der Waals surface area (Å²) in [5, 5.41) is 5.15. The Labute approximate surface area is 149 Å². The van der Waals surface area contributed by atoms with Crippen molar-refractivity contribution in [3.8, 4) is 12.3 Å². The number of aliphatic imine (C=N–C) groups is 1. The molecule has 0 fully saturated rings. The van der Waals surface area contributed by atoms with Gasteiger partial charge >= 0.3 is 0 Å². The van der Waals surface area contributed by atoms with E-state index in [1.807, 2.05) is 18.4 Å². The van der Waals surface area contributed by atoms with Gasteiger partial charge in [0, 0.05) is 23.6 Å². The smallest absolute Gasteiger partial charge is 0.274 e. The van der Waals surface area contributed by atoms with Crippen molar-refractivity contribution in [3.63, 3.8) is 0 Å². The molecule has 3 heterocycles. The van der Waals surface area contributed by atoms with Crippen molar-refractivity contribution in [2.75, 3.05) is 5.32 Å². The molecular weight excluding hydrogens is 334 g/mol. The molecule has 1 aliphatic heterocycles. The standard InChI is InChI=1S/C18H15N5OS/c1-3-12-4-5-14(21-11-12)16(24)22-13-6-8-20-15(10-13)18(2)7-9-25-17(19)23-18/h1,4-11H,2H3,(H2,19,23)(H,20,22,24)/t18-/m0/s1. The van der Waals surface area contributed by atoms with Crippen molar-refractivity contribution in [2.45, 2.75) is 12.5 Å². The van der Waals surface area contributed by atoms with Gasteiger partial charge in [0.15, 0.2) is 5.17 Å². The van der Waals surface area contributed by atoms with Gasteiger partial charge in [0.2, 0.25) is 0 Å². The van der Waals surface area contributed by atoms with Crippen molar-refractivity contribution in [1.29, 1.82) is 0 Å². The number of amides is 1. The first-order valence-electron chi connectivity index (χ1n) is 7.40. The van der Waals surface area contributed by atoms with E-state index in [1.54, 1.807) is 30.5 Å². The Kier molecular flexibility index (Phi) is 4.55. The molecule has 0 saturated carbocycles. The molecule has 2 aromatic rings. The Balaban J connectivity index is 1.82. The minimum Gasteiger partial charge on any atom is -0.378 e. The molecule has 3 rings (SSSR count). The predicted octanol–water partition coefficient (Wildman–Crippen LogP) is 2.50. The summed E-state index contributed by atoms with van der Waals surface area (Å²) >= 11 is 1.36. The van der Waals surface area contributed by atoms with Crippen LogP contribution in [0.2, 0.25) is 0 Å². The number of aromatic nitrogens is 2. The van der Waals surface area contributed by atoms with Gasteiger partial charge in [-0.15, -0.1) is 6.42 Å². The molecule has 0 aliphatic carbocycles. The number of hydrogen-bond acceptors (Lipinski definition) is 6. The lowest BCUT2D eigenvalue weighted by molar-refractivity contribution is 0.102. The first kappa shape index (κ1) is 16.7. The second-order valence-electron chi connectivity index (χ2n) is 5.48. The molecular formula is C18H15N5OS.